The van der Waals surface area contributed by atoms with Crippen LogP contribution in [0.25, 0.3) is 0 Å². The molecule has 0 bridgehead atoms. The molecule has 0 aliphatic heterocycles. The summed E-state index contributed by atoms with van der Waals surface area (Å²) in [5.74, 6) is -1.49. The lowest BCUT2D eigenvalue weighted by Gasteiger charge is -2.10. The normalized spacial score (nSPS) is 10.3. The second-order valence-corrected chi connectivity index (χ2v) is 7.31. The van der Waals surface area contributed by atoms with E-state index in [1.807, 2.05) is 24.3 Å². The Labute approximate surface area is 167 Å². The summed E-state index contributed by atoms with van der Waals surface area (Å²) in [5.41, 5.74) is 5.22. The molecule has 2 amide bonds. The van der Waals surface area contributed by atoms with E-state index in [-0.39, 0.29) is 5.56 Å². The minimum absolute atomic E-state index is 0.229. The van der Waals surface area contributed by atoms with E-state index in [0.29, 0.717) is 10.6 Å². The molecule has 0 aliphatic rings. The van der Waals surface area contributed by atoms with Gasteiger partial charge in [0.25, 0.3) is 11.8 Å². The molecule has 0 saturated heterocycles. The van der Waals surface area contributed by atoms with Gasteiger partial charge in [-0.25, -0.2) is 9.37 Å². The van der Waals surface area contributed by atoms with Gasteiger partial charge in [-0.1, -0.05) is 27.7 Å². The minimum atomic E-state index is -0.547. The fourth-order valence-electron chi connectivity index (χ4n) is 2.11. The van der Waals surface area contributed by atoms with Crippen LogP contribution < -0.4 is 10.9 Å². The highest BCUT2D eigenvalue weighted by Crippen LogP contribution is 2.29. The topological polar surface area (TPSA) is 71.1 Å². The number of hydrogen-bond acceptors (Lipinski definition) is 4. The van der Waals surface area contributed by atoms with Crippen LogP contribution in [-0.4, -0.2) is 16.8 Å². The van der Waals surface area contributed by atoms with Crippen LogP contribution in [0.1, 0.15) is 20.7 Å². The molecule has 1 aromatic heterocycles. The average Bonchev–Trinajstić information content (AvgIpc) is 2.68. The Bertz CT molecular complexity index is 965. The molecule has 136 valence electrons. The second-order valence-electron chi connectivity index (χ2n) is 5.33. The van der Waals surface area contributed by atoms with Crippen molar-refractivity contribution in [2.45, 2.75) is 9.92 Å². The summed E-state index contributed by atoms with van der Waals surface area (Å²) in [7, 11) is 0. The van der Waals surface area contributed by atoms with E-state index in [1.54, 1.807) is 18.3 Å². The standard InChI is InChI=1S/C19H13BrFN3O2S/c20-13-5-9-15(10-6-13)27-19-16(2-1-11-22-19)18(26)24-23-17(25)12-3-7-14(21)8-4-12/h1-11H,(H,23,25)(H,24,26). The van der Waals surface area contributed by atoms with E-state index in [9.17, 15) is 14.0 Å². The maximum atomic E-state index is 12.9. The molecule has 27 heavy (non-hydrogen) atoms. The first kappa shape index (κ1) is 19.1. The van der Waals surface area contributed by atoms with Crippen molar-refractivity contribution in [3.8, 4) is 0 Å². The van der Waals surface area contributed by atoms with Gasteiger partial charge < -0.3 is 0 Å². The quantitative estimate of drug-likeness (QED) is 0.590. The Hall–Kier alpha value is -2.71. The zero-order valence-electron chi connectivity index (χ0n) is 13.8. The zero-order chi connectivity index (χ0) is 19.2. The monoisotopic (exact) mass is 445 g/mol. The highest BCUT2D eigenvalue weighted by molar-refractivity contribution is 9.10. The van der Waals surface area contributed by atoms with E-state index in [0.717, 1.165) is 9.37 Å². The first-order valence-electron chi connectivity index (χ1n) is 7.77. The van der Waals surface area contributed by atoms with E-state index in [1.165, 1.54) is 36.0 Å². The van der Waals surface area contributed by atoms with Gasteiger partial charge in [-0.05, 0) is 60.7 Å². The van der Waals surface area contributed by atoms with Crippen molar-refractivity contribution in [3.05, 3.63) is 88.3 Å². The van der Waals surface area contributed by atoms with Gasteiger partial charge in [-0.15, -0.1) is 0 Å². The molecule has 0 spiro atoms. The van der Waals surface area contributed by atoms with Crippen LogP contribution >= 0.6 is 27.7 Å². The second kappa shape index (κ2) is 8.79. The number of amides is 2. The van der Waals surface area contributed by atoms with Gasteiger partial charge in [0, 0.05) is 21.1 Å². The Morgan fingerprint density at radius 2 is 1.59 bits per heavy atom. The third-order valence-electron chi connectivity index (χ3n) is 3.44. The van der Waals surface area contributed by atoms with Crippen molar-refractivity contribution in [1.29, 1.82) is 0 Å². The predicted octanol–water partition coefficient (Wildman–Crippen LogP) is 4.21. The molecular formula is C19H13BrFN3O2S. The largest absolute Gasteiger partial charge is 0.272 e. The Kier molecular flexibility index (Phi) is 6.20. The number of benzene rings is 2. The van der Waals surface area contributed by atoms with Crippen molar-refractivity contribution >= 4 is 39.5 Å². The Morgan fingerprint density at radius 1 is 0.926 bits per heavy atom. The number of aromatic nitrogens is 1. The molecule has 0 atom stereocenters. The number of pyridine rings is 1. The molecule has 2 N–H and O–H groups in total. The highest BCUT2D eigenvalue weighted by Gasteiger charge is 2.15. The lowest BCUT2D eigenvalue weighted by atomic mass is 10.2. The van der Waals surface area contributed by atoms with Gasteiger partial charge in [0.2, 0.25) is 0 Å². The summed E-state index contributed by atoms with van der Waals surface area (Å²) >= 11 is 4.71. The minimum Gasteiger partial charge on any atom is -0.267 e. The fourth-order valence-corrected chi connectivity index (χ4v) is 3.26. The van der Waals surface area contributed by atoms with Crippen molar-refractivity contribution < 1.29 is 14.0 Å². The van der Waals surface area contributed by atoms with E-state index in [2.05, 4.69) is 31.8 Å². The van der Waals surface area contributed by atoms with Crippen molar-refractivity contribution in [2.24, 2.45) is 0 Å². The van der Waals surface area contributed by atoms with Gasteiger partial charge in [0.15, 0.2) is 0 Å². The first-order valence-corrected chi connectivity index (χ1v) is 9.38. The maximum Gasteiger partial charge on any atom is 0.272 e. The van der Waals surface area contributed by atoms with Gasteiger partial charge in [0.1, 0.15) is 10.8 Å². The van der Waals surface area contributed by atoms with Crippen LogP contribution in [0.15, 0.2) is 81.3 Å². The van der Waals surface area contributed by atoms with Crippen LogP contribution in [0.5, 0.6) is 0 Å². The summed E-state index contributed by atoms with van der Waals surface area (Å²) in [6.07, 6.45) is 1.59. The molecule has 5 nitrogen and oxygen atoms in total. The molecule has 1 heterocycles. The molecule has 2 aromatic carbocycles. The smallest absolute Gasteiger partial charge is 0.267 e. The molecule has 0 unspecified atom stereocenters. The Balaban J connectivity index is 1.68. The number of halogens is 2. The fraction of sp³-hybridized carbons (Fsp3) is 0. The molecule has 0 radical (unpaired) electrons. The van der Waals surface area contributed by atoms with Gasteiger partial charge >= 0.3 is 0 Å². The van der Waals surface area contributed by atoms with Crippen LogP contribution in [0.2, 0.25) is 0 Å². The van der Waals surface area contributed by atoms with Gasteiger partial charge in [-0.3, -0.25) is 20.4 Å². The lowest BCUT2D eigenvalue weighted by molar-refractivity contribution is 0.0844. The van der Waals surface area contributed by atoms with Gasteiger partial charge in [-0.2, -0.15) is 0 Å². The SMILES string of the molecule is O=C(NNC(=O)c1cccnc1Sc1ccc(Br)cc1)c1ccc(F)cc1. The number of hydrazine groups is 1. The summed E-state index contributed by atoms with van der Waals surface area (Å²) in [6.45, 7) is 0. The third-order valence-corrected chi connectivity index (χ3v) is 5.00. The van der Waals surface area contributed by atoms with E-state index >= 15 is 0 Å². The first-order chi connectivity index (χ1) is 13.0. The number of carbonyl (C=O) groups excluding carboxylic acids is 2. The van der Waals surface area contributed by atoms with Crippen molar-refractivity contribution in [1.82, 2.24) is 15.8 Å². The number of hydrogen-bond donors (Lipinski definition) is 2. The van der Waals surface area contributed by atoms with Crippen molar-refractivity contribution in [2.75, 3.05) is 0 Å². The summed E-state index contributed by atoms with van der Waals surface area (Å²) in [5, 5.41) is 0.508. The van der Waals surface area contributed by atoms with Crippen LogP contribution in [0.3, 0.4) is 0 Å². The van der Waals surface area contributed by atoms with Crippen LogP contribution in [-0.2, 0) is 0 Å². The van der Waals surface area contributed by atoms with Crippen molar-refractivity contribution in [3.63, 3.8) is 0 Å². The van der Waals surface area contributed by atoms with Crippen LogP contribution in [0.4, 0.5) is 4.39 Å². The summed E-state index contributed by atoms with van der Waals surface area (Å²) < 4.78 is 13.9. The molecule has 0 saturated carbocycles. The number of carbonyl (C=O) groups is 2. The predicted molar refractivity (Wildman–Crippen MR) is 104 cm³/mol. The summed E-state index contributed by atoms with van der Waals surface area (Å²) in [4.78, 5) is 29.6. The zero-order valence-corrected chi connectivity index (χ0v) is 16.2. The Morgan fingerprint density at radius 3 is 2.30 bits per heavy atom. The van der Waals surface area contributed by atoms with E-state index < -0.39 is 17.6 Å². The average molecular weight is 446 g/mol. The highest BCUT2D eigenvalue weighted by atomic mass is 79.9. The number of rotatable bonds is 4. The molecule has 8 heteroatoms. The van der Waals surface area contributed by atoms with Gasteiger partial charge in [0.05, 0.1) is 5.56 Å². The lowest BCUT2D eigenvalue weighted by Crippen LogP contribution is -2.41. The summed E-state index contributed by atoms with van der Waals surface area (Å²) in [6, 6.07) is 15.9. The molecule has 3 rings (SSSR count). The van der Waals surface area contributed by atoms with E-state index in [4.69, 9.17) is 0 Å². The molecular weight excluding hydrogens is 433 g/mol. The molecule has 0 aliphatic carbocycles. The van der Waals surface area contributed by atoms with Crippen LogP contribution in [0, 0.1) is 5.82 Å². The molecule has 0 fully saturated rings. The number of nitrogens with zero attached hydrogens (tertiary/aromatic N) is 1. The molecule has 3 aromatic rings. The maximum absolute atomic E-state index is 12.9. The number of nitrogens with one attached hydrogen (secondary N) is 2. The third kappa shape index (κ3) is 5.15.